The van der Waals surface area contributed by atoms with Gasteiger partial charge in [0.25, 0.3) is 0 Å². The fraction of sp³-hybridized carbons (Fsp3) is 1.00. The second-order valence-corrected chi connectivity index (χ2v) is 5.33. The number of hydrogen-bond acceptors (Lipinski definition) is 2. The first kappa shape index (κ1) is 9.78. The molecule has 0 bridgehead atoms. The molecule has 1 nitrogen and oxygen atoms in total. The van der Waals surface area contributed by atoms with E-state index in [1.165, 1.54) is 24.3 Å². The van der Waals surface area contributed by atoms with Crippen molar-refractivity contribution < 1.29 is 4.39 Å². The lowest BCUT2D eigenvalue weighted by atomic mass is 10.1. The van der Waals surface area contributed by atoms with Crippen LogP contribution in [-0.2, 0) is 0 Å². The van der Waals surface area contributed by atoms with E-state index in [4.69, 9.17) is 0 Å². The first-order chi connectivity index (χ1) is 6.36. The van der Waals surface area contributed by atoms with Crippen molar-refractivity contribution in [3.8, 4) is 0 Å². The fourth-order valence-electron chi connectivity index (χ4n) is 2.27. The Labute approximate surface area is 83.9 Å². The molecular weight excluding hydrogens is 185 g/mol. The highest BCUT2D eigenvalue weighted by molar-refractivity contribution is 7.99. The van der Waals surface area contributed by atoms with Crippen LogP contribution < -0.4 is 5.32 Å². The van der Waals surface area contributed by atoms with Gasteiger partial charge in [-0.15, -0.1) is 0 Å². The lowest BCUT2D eigenvalue weighted by molar-refractivity contribution is 0.259. The van der Waals surface area contributed by atoms with Crippen molar-refractivity contribution in [1.29, 1.82) is 0 Å². The Bertz CT molecular complexity index is 159. The first-order valence-electron chi connectivity index (χ1n) is 5.34. The number of rotatable bonds is 2. The summed E-state index contributed by atoms with van der Waals surface area (Å²) in [6.45, 7) is 0. The van der Waals surface area contributed by atoms with E-state index in [0.29, 0.717) is 6.04 Å². The lowest BCUT2D eigenvalue weighted by Gasteiger charge is -2.27. The summed E-state index contributed by atoms with van der Waals surface area (Å²) < 4.78 is 13.3. The van der Waals surface area contributed by atoms with Crippen LogP contribution in [0.25, 0.3) is 0 Å². The van der Waals surface area contributed by atoms with Gasteiger partial charge in [-0.1, -0.05) is 0 Å². The molecule has 1 saturated heterocycles. The maximum atomic E-state index is 13.3. The third-order valence-corrected chi connectivity index (χ3v) is 4.15. The molecule has 0 spiro atoms. The fourth-order valence-corrected chi connectivity index (χ4v) is 3.38. The summed E-state index contributed by atoms with van der Waals surface area (Å²) in [6.07, 6.45) is 4.78. The molecule has 76 valence electrons. The molecule has 3 heteroatoms. The topological polar surface area (TPSA) is 12.0 Å². The van der Waals surface area contributed by atoms with Crippen LogP contribution >= 0.6 is 11.8 Å². The molecule has 2 atom stereocenters. The molecule has 0 aromatic rings. The third kappa shape index (κ3) is 2.59. The molecule has 1 aliphatic carbocycles. The van der Waals surface area contributed by atoms with Gasteiger partial charge in [-0.2, -0.15) is 11.8 Å². The van der Waals surface area contributed by atoms with Crippen molar-refractivity contribution in [1.82, 2.24) is 5.32 Å². The largest absolute Gasteiger partial charge is 0.308 e. The zero-order valence-electron chi connectivity index (χ0n) is 7.97. The lowest BCUT2D eigenvalue weighted by Crippen LogP contribution is -2.42. The van der Waals surface area contributed by atoms with Crippen LogP contribution in [0.2, 0.25) is 0 Å². The van der Waals surface area contributed by atoms with Crippen LogP contribution in [-0.4, -0.2) is 29.8 Å². The third-order valence-electron chi connectivity index (χ3n) is 3.10. The van der Waals surface area contributed by atoms with E-state index in [0.717, 1.165) is 19.3 Å². The average molecular weight is 203 g/mol. The van der Waals surface area contributed by atoms with Crippen LogP contribution in [0.1, 0.15) is 32.1 Å². The molecule has 1 aliphatic heterocycles. The van der Waals surface area contributed by atoms with Crippen LogP contribution in [0.5, 0.6) is 0 Å². The van der Waals surface area contributed by atoms with Gasteiger partial charge in [0, 0.05) is 12.1 Å². The number of nitrogens with one attached hydrogen (secondary N) is 1. The van der Waals surface area contributed by atoms with E-state index in [-0.39, 0.29) is 6.04 Å². The molecule has 0 amide bonds. The van der Waals surface area contributed by atoms with Gasteiger partial charge in [0.05, 0.1) is 0 Å². The number of halogens is 1. The number of hydrogen-bond donors (Lipinski definition) is 1. The Balaban J connectivity index is 1.75. The van der Waals surface area contributed by atoms with Gasteiger partial charge in [-0.25, -0.2) is 4.39 Å². The van der Waals surface area contributed by atoms with Gasteiger partial charge in [-0.3, -0.25) is 0 Å². The Morgan fingerprint density at radius 1 is 1.08 bits per heavy atom. The normalized spacial score (nSPS) is 36.7. The minimum Gasteiger partial charge on any atom is -0.308 e. The molecule has 0 radical (unpaired) electrons. The van der Waals surface area contributed by atoms with Crippen molar-refractivity contribution >= 4 is 11.8 Å². The summed E-state index contributed by atoms with van der Waals surface area (Å²) >= 11 is 2.02. The van der Waals surface area contributed by atoms with Gasteiger partial charge >= 0.3 is 0 Å². The quantitative estimate of drug-likeness (QED) is 0.739. The molecule has 1 saturated carbocycles. The Morgan fingerprint density at radius 3 is 2.46 bits per heavy atom. The summed E-state index contributed by atoms with van der Waals surface area (Å²) in [5, 5.41) is 3.48. The van der Waals surface area contributed by atoms with Crippen LogP contribution in [0, 0.1) is 0 Å². The molecule has 0 unspecified atom stereocenters. The van der Waals surface area contributed by atoms with Gasteiger partial charge in [0.1, 0.15) is 6.17 Å². The van der Waals surface area contributed by atoms with Gasteiger partial charge < -0.3 is 5.32 Å². The monoisotopic (exact) mass is 203 g/mol. The Morgan fingerprint density at radius 2 is 1.85 bits per heavy atom. The first-order valence-corrected chi connectivity index (χ1v) is 6.49. The zero-order valence-corrected chi connectivity index (χ0v) is 8.78. The maximum absolute atomic E-state index is 13.3. The second-order valence-electron chi connectivity index (χ2n) is 4.11. The smallest absolute Gasteiger partial charge is 0.115 e. The van der Waals surface area contributed by atoms with E-state index in [9.17, 15) is 4.39 Å². The SMILES string of the molecule is F[C@@H]1CCC[C@@H]1NC1CCSCC1. The molecule has 2 rings (SSSR count). The molecule has 1 heterocycles. The predicted molar refractivity (Wildman–Crippen MR) is 56.0 cm³/mol. The summed E-state index contributed by atoms with van der Waals surface area (Å²) in [5.74, 6) is 2.50. The van der Waals surface area contributed by atoms with E-state index in [2.05, 4.69) is 5.32 Å². The predicted octanol–water partition coefficient (Wildman–Crippen LogP) is 2.36. The van der Waals surface area contributed by atoms with E-state index < -0.39 is 6.17 Å². The molecule has 0 aromatic heterocycles. The van der Waals surface area contributed by atoms with E-state index >= 15 is 0 Å². The minimum atomic E-state index is -0.574. The standard InChI is InChI=1S/C10H18FNS/c11-9-2-1-3-10(9)12-8-4-6-13-7-5-8/h8-10,12H,1-7H2/t9-,10+/m1/s1. The van der Waals surface area contributed by atoms with Gasteiger partial charge in [0.15, 0.2) is 0 Å². The van der Waals surface area contributed by atoms with Crippen molar-refractivity contribution in [2.75, 3.05) is 11.5 Å². The van der Waals surface area contributed by atoms with Crippen molar-refractivity contribution in [3.63, 3.8) is 0 Å². The summed E-state index contributed by atoms with van der Waals surface area (Å²) in [6, 6.07) is 0.774. The number of alkyl halides is 1. The summed E-state index contributed by atoms with van der Waals surface area (Å²) in [5.41, 5.74) is 0. The van der Waals surface area contributed by atoms with Gasteiger partial charge in [0.2, 0.25) is 0 Å². The maximum Gasteiger partial charge on any atom is 0.115 e. The number of thioether (sulfide) groups is 1. The Kier molecular flexibility index (Phi) is 3.50. The highest BCUT2D eigenvalue weighted by Gasteiger charge is 2.28. The van der Waals surface area contributed by atoms with Crippen LogP contribution in [0.4, 0.5) is 4.39 Å². The van der Waals surface area contributed by atoms with Crippen molar-refractivity contribution in [2.45, 2.75) is 50.4 Å². The molecule has 2 fully saturated rings. The zero-order chi connectivity index (χ0) is 9.10. The summed E-state index contributed by atoms with van der Waals surface area (Å²) in [7, 11) is 0. The Hall–Kier alpha value is 0.240. The minimum absolute atomic E-state index is 0.174. The molecule has 0 aromatic carbocycles. The van der Waals surface area contributed by atoms with Gasteiger partial charge in [-0.05, 0) is 43.6 Å². The molecule has 13 heavy (non-hydrogen) atoms. The van der Waals surface area contributed by atoms with E-state index in [1.807, 2.05) is 11.8 Å². The molecule has 1 N–H and O–H groups in total. The highest BCUT2D eigenvalue weighted by atomic mass is 32.2. The molecule has 2 aliphatic rings. The van der Waals surface area contributed by atoms with Crippen LogP contribution in [0.3, 0.4) is 0 Å². The average Bonchev–Trinajstić information content (AvgIpc) is 2.54. The highest BCUT2D eigenvalue weighted by Crippen LogP contribution is 2.25. The van der Waals surface area contributed by atoms with Crippen molar-refractivity contribution in [3.05, 3.63) is 0 Å². The molecular formula is C10H18FNS. The van der Waals surface area contributed by atoms with Crippen molar-refractivity contribution in [2.24, 2.45) is 0 Å². The summed E-state index contributed by atoms with van der Waals surface area (Å²) in [4.78, 5) is 0. The second kappa shape index (κ2) is 4.65. The van der Waals surface area contributed by atoms with E-state index in [1.54, 1.807) is 0 Å². The van der Waals surface area contributed by atoms with Crippen LogP contribution in [0.15, 0.2) is 0 Å².